The minimum Gasteiger partial charge on any atom is -1.00 e. The maximum Gasteiger partial charge on any atom is 1.00 e. The zero-order valence-corrected chi connectivity index (χ0v) is 71.8. The van der Waals surface area contributed by atoms with E-state index in [9.17, 15) is 67.7 Å². The van der Waals surface area contributed by atoms with E-state index < -0.39 is 101 Å². The summed E-state index contributed by atoms with van der Waals surface area (Å²) in [5.74, 6) is -2.90. The summed E-state index contributed by atoms with van der Waals surface area (Å²) in [4.78, 5) is 98.6. The van der Waals surface area contributed by atoms with Crippen molar-refractivity contribution in [1.82, 2.24) is 0 Å². The fourth-order valence-corrected chi connectivity index (χ4v) is 11.8. The van der Waals surface area contributed by atoms with Gasteiger partial charge in [-0.1, -0.05) is 14.9 Å². The molecule has 6 aliphatic heterocycles. The Kier molecular flexibility index (Phi) is 65.0. The summed E-state index contributed by atoms with van der Waals surface area (Å²) in [5.41, 5.74) is 16.0. The Hall–Kier alpha value is -2.88. The van der Waals surface area contributed by atoms with Gasteiger partial charge in [0.15, 0.2) is 0 Å². The van der Waals surface area contributed by atoms with Crippen LogP contribution in [0.3, 0.4) is 0 Å². The monoisotopic (exact) mass is 1680 g/mol. The molecule has 14 N–H and O–H groups in total. The fraction of sp³-hybridized carbons (Fsp3) is 0.878. The summed E-state index contributed by atoms with van der Waals surface area (Å²) in [6.45, 7) is 28.3. The third kappa shape index (κ3) is 55.6. The van der Waals surface area contributed by atoms with Gasteiger partial charge in [-0.2, -0.15) is 5.26 Å². The van der Waals surface area contributed by atoms with E-state index in [-0.39, 0.29) is 157 Å². The maximum atomic E-state index is 12.0. The Morgan fingerprint density at radius 2 is 0.855 bits per heavy atom. The normalized spacial score (nSPS) is 25.6. The number of halogens is 4. The van der Waals surface area contributed by atoms with E-state index in [4.69, 9.17) is 88.3 Å². The second-order valence-corrected chi connectivity index (χ2v) is 33.2. The fourth-order valence-electron chi connectivity index (χ4n) is 11.8. The summed E-state index contributed by atoms with van der Waals surface area (Å²) >= 11 is 0. The van der Waals surface area contributed by atoms with Crippen LogP contribution in [0, 0.1) is 33.0 Å². The summed E-state index contributed by atoms with van der Waals surface area (Å²) in [5, 5.41) is 57.0. The van der Waals surface area contributed by atoms with Gasteiger partial charge in [0.05, 0.1) is 52.4 Å². The largest absolute Gasteiger partial charge is 1.00 e. The molecular formula is C74H145Cl3FN5NaO25P. The van der Waals surface area contributed by atoms with E-state index in [1.54, 1.807) is 41.5 Å². The van der Waals surface area contributed by atoms with Gasteiger partial charge >= 0.3 is 53.4 Å². The van der Waals surface area contributed by atoms with E-state index in [1.165, 1.54) is 0 Å². The number of alkyl halides is 1. The molecule has 2 amide bonds. The molecule has 30 nitrogen and oxygen atoms in total. The van der Waals surface area contributed by atoms with E-state index in [2.05, 4.69) is 0 Å². The molecule has 0 saturated carbocycles. The molecular weight excluding hydrogens is 1540 g/mol. The first-order chi connectivity index (χ1) is 49.1. The predicted octanol–water partition coefficient (Wildman–Crippen LogP) is 5.47. The average molecular weight is 1690 g/mol. The number of amides is 2. The van der Waals surface area contributed by atoms with Crippen molar-refractivity contribution in [3.05, 3.63) is 0 Å². The molecule has 650 valence electrons. The van der Waals surface area contributed by atoms with Gasteiger partial charge in [-0.15, -0.1) is 37.2 Å². The van der Waals surface area contributed by atoms with Crippen LogP contribution in [-0.2, 0) is 90.3 Å². The number of aliphatic hydroxyl groups excluding tert-OH is 5. The Balaban J connectivity index is -0.000000159. The maximum absolute atomic E-state index is 12.0. The minimum atomic E-state index is -3.67. The number of ether oxygens (including phenoxy) is 10. The van der Waals surface area contributed by atoms with E-state index in [0.29, 0.717) is 124 Å². The molecule has 10 atom stereocenters. The van der Waals surface area contributed by atoms with Crippen LogP contribution < -0.4 is 52.5 Å². The molecule has 10 unspecified atom stereocenters. The van der Waals surface area contributed by atoms with Crippen LogP contribution in [-0.4, -0.2) is 237 Å². The Bertz CT molecular complexity index is 2640. The minimum absolute atomic E-state index is 0. The van der Waals surface area contributed by atoms with Crippen molar-refractivity contribution in [2.45, 2.75) is 291 Å². The van der Waals surface area contributed by atoms with Gasteiger partial charge < -0.3 is 107 Å². The van der Waals surface area contributed by atoms with Gasteiger partial charge in [0.2, 0.25) is 17.8 Å². The zero-order valence-electron chi connectivity index (χ0n) is 69.5. The number of esters is 4. The van der Waals surface area contributed by atoms with Crippen molar-refractivity contribution >= 4 is 92.6 Å². The average Bonchev–Trinajstić information content (AvgIpc) is 1.79. The van der Waals surface area contributed by atoms with Crippen LogP contribution >= 0.6 is 44.6 Å². The number of nitriles is 1. The van der Waals surface area contributed by atoms with Gasteiger partial charge in [-0.05, 0) is 199 Å². The molecule has 36 heteroatoms. The van der Waals surface area contributed by atoms with Gasteiger partial charge in [0.1, 0.15) is 47.0 Å². The number of hydrogen-bond acceptors (Lipinski definition) is 27. The number of primary amides is 2. The Labute approximate surface area is 700 Å². The molecule has 0 aromatic heterocycles. The number of carbonyl (C=O) groups is 8. The summed E-state index contributed by atoms with van der Waals surface area (Å²) in [6.07, 6.45) is 10.0. The Morgan fingerprint density at radius 1 is 0.518 bits per heavy atom. The van der Waals surface area contributed by atoms with Gasteiger partial charge in [-0.3, -0.25) is 42.5 Å². The van der Waals surface area contributed by atoms with Crippen molar-refractivity contribution in [1.29, 1.82) is 5.26 Å². The standard InChI is InChI=1S/C14H25NO5.C14H23NO4.C13H24O4.C13H22O4.C8H16N2O3.C7H15NO2.C2H5O3P.CH3F.2CH4.3ClH.Na.H/c1-13(2,3)20-10(16)9-14(11(17)12(15)18)5-4-7-19-8-6-14;1-13(2,3)19-12(17)9-14(11(16)10-15)5-4-7-18-8-6-14;2*1-12(2,3)17-11(15)9-13(10-14)5-4-7-16-8-6-13;9-7(12)6(11)8(10)2-1-4-13-5-3-8;8-7(6-9)2-1-4-10-5-3-7;1-6(4,5)2-3;1-2;;;;;;;/h11,17H,4-9H2,1-3H3,(H2,15,18);11,16H,4-9H2,1-3H3;14H,4-10H2,1-3H3;10H,4-9H2,1-3H3;6,11H,1-5,10H2,(H2,9,12);9H,1-6,8H2;2H,1H3,(H,4,5);1H3;2*1H4;3*1H;;/q;;;;;;;;;;;;;+1;-1/i;;;;;;2*1D;;;;;;;. The van der Waals surface area contributed by atoms with Gasteiger partial charge in [-0.25, -0.2) is 0 Å². The quantitative estimate of drug-likeness (QED) is 0.0216. The van der Waals surface area contributed by atoms with E-state index in [1.807, 2.05) is 47.6 Å². The number of nitrogens with two attached hydrogens (primary N) is 4. The van der Waals surface area contributed by atoms with Crippen molar-refractivity contribution in [2.24, 2.45) is 44.6 Å². The zero-order chi connectivity index (χ0) is 81.8. The van der Waals surface area contributed by atoms with Crippen molar-refractivity contribution in [3.8, 4) is 6.07 Å². The summed E-state index contributed by atoms with van der Waals surface area (Å²) in [6, 6.07) is 1.78. The molecule has 110 heavy (non-hydrogen) atoms. The summed E-state index contributed by atoms with van der Waals surface area (Å²) < 4.78 is 84.7. The SMILES string of the molecule is C.C.CC(C)(C)OC(=O)CC1(C(O)C#N)CCCOCC1.CC(C)(C)OC(=O)CC1(C(O)C(N)=O)CCCOCC1.CC(C)(C)OC(=O)CC1(C=O)CCCOCC1.CC(C)(C)OC(=O)CC1(CO)CCCOCC1.Cl.Cl.Cl.NC(=O)C(O)C1(N)CCCOCC1.NC1(CO)CCCOCC1.[2H]CF.[2H]CP(=O)(O)C=O.[H-].[Na+]. The first-order valence-electron chi connectivity index (χ1n) is 37.0. The molecule has 6 heterocycles. The number of rotatable bonds is 17. The van der Waals surface area contributed by atoms with Crippen LogP contribution in [0.4, 0.5) is 4.39 Å². The molecule has 0 bridgehead atoms. The number of hydrogen-bond donors (Lipinski definition) is 10. The molecule has 6 aliphatic rings. The first kappa shape index (κ1) is 118. The number of aliphatic hydroxyl groups is 5. The van der Waals surface area contributed by atoms with Crippen LogP contribution in [0.5, 0.6) is 0 Å². The van der Waals surface area contributed by atoms with Crippen LogP contribution in [0.25, 0.3) is 0 Å². The smallest absolute Gasteiger partial charge is 1.00 e. The molecule has 0 radical (unpaired) electrons. The van der Waals surface area contributed by atoms with E-state index >= 15 is 0 Å². The molecule has 6 rings (SSSR count). The molecule has 0 aromatic rings. The topological polar surface area (TPSA) is 495 Å². The Morgan fingerprint density at radius 3 is 1.23 bits per heavy atom. The number of nitrogens with zero attached hydrogens (tertiary/aromatic N) is 1. The third-order valence-corrected chi connectivity index (χ3v) is 17.7. The molecule has 6 saturated heterocycles. The first-order valence-corrected chi connectivity index (χ1v) is 37.5. The van der Waals surface area contributed by atoms with Crippen molar-refractivity contribution in [3.63, 3.8) is 0 Å². The van der Waals surface area contributed by atoms with Crippen molar-refractivity contribution < 1.29 is 159 Å². The second kappa shape index (κ2) is 60.6. The van der Waals surface area contributed by atoms with Crippen LogP contribution in [0.2, 0.25) is 0 Å². The van der Waals surface area contributed by atoms with E-state index in [0.717, 1.165) is 77.3 Å². The van der Waals surface area contributed by atoms with Gasteiger partial charge in [0.25, 0.3) is 7.37 Å². The molecule has 0 aliphatic carbocycles. The molecule has 0 spiro atoms. The third-order valence-electron chi connectivity index (χ3n) is 17.4. The summed E-state index contributed by atoms with van der Waals surface area (Å²) in [7, 11) is -4.67. The van der Waals surface area contributed by atoms with Crippen LogP contribution in [0.15, 0.2) is 0 Å². The number of carbonyl (C=O) groups excluding carboxylic acids is 8. The predicted molar refractivity (Wildman–Crippen MR) is 422 cm³/mol. The van der Waals surface area contributed by atoms with Gasteiger partial charge in [0, 0.05) is 121 Å². The van der Waals surface area contributed by atoms with Crippen molar-refractivity contribution in [2.75, 3.05) is 106 Å². The second-order valence-electron chi connectivity index (χ2n) is 31.5. The van der Waals surface area contributed by atoms with Crippen LogP contribution in [0.1, 0.15) is 243 Å². The number of aldehydes is 1. The molecule has 0 aromatic carbocycles. The molecule has 6 fully saturated rings.